The molecule has 0 atom stereocenters. The number of thioether (sulfide) groups is 1. The second kappa shape index (κ2) is 6.22. The van der Waals surface area contributed by atoms with Gasteiger partial charge in [0.1, 0.15) is 10.1 Å². The van der Waals surface area contributed by atoms with E-state index in [4.69, 9.17) is 12.2 Å². The molecule has 1 heterocycles. The number of hydrogen-bond donors (Lipinski definition) is 0. The molecule has 1 aliphatic heterocycles. The van der Waals surface area contributed by atoms with Crippen molar-refractivity contribution in [3.8, 4) is 0 Å². The van der Waals surface area contributed by atoms with E-state index in [1.807, 2.05) is 0 Å². The van der Waals surface area contributed by atoms with Gasteiger partial charge in [0.25, 0.3) is 5.91 Å². The van der Waals surface area contributed by atoms with Crippen molar-refractivity contribution in [1.29, 1.82) is 0 Å². The Hall–Kier alpha value is -1.29. The molecular formula is C12H9FNO4S3-. The summed E-state index contributed by atoms with van der Waals surface area (Å²) in [6.07, 6.45) is 1.35. The van der Waals surface area contributed by atoms with Gasteiger partial charge in [-0.3, -0.25) is 9.69 Å². The molecule has 0 bridgehead atoms. The third-order valence-corrected chi connectivity index (χ3v) is 4.69. The highest BCUT2D eigenvalue weighted by molar-refractivity contribution is 8.26. The number of carbonyl (C=O) groups is 1. The van der Waals surface area contributed by atoms with Gasteiger partial charge in [-0.1, -0.05) is 42.2 Å². The van der Waals surface area contributed by atoms with Gasteiger partial charge in [-0.05, 0) is 12.1 Å². The summed E-state index contributed by atoms with van der Waals surface area (Å²) in [7, 11) is -4.43. The molecule has 5 nitrogen and oxygen atoms in total. The molecule has 0 aliphatic carbocycles. The van der Waals surface area contributed by atoms with Crippen molar-refractivity contribution >= 4 is 50.4 Å². The highest BCUT2D eigenvalue weighted by Gasteiger charge is 2.32. The van der Waals surface area contributed by atoms with Crippen LogP contribution in [0, 0.1) is 5.82 Å². The van der Waals surface area contributed by atoms with Crippen LogP contribution in [0.3, 0.4) is 0 Å². The fourth-order valence-corrected chi connectivity index (χ4v) is 3.33. The summed E-state index contributed by atoms with van der Waals surface area (Å²) in [5.41, 5.74) is 0.231. The van der Waals surface area contributed by atoms with Crippen LogP contribution in [0.25, 0.3) is 6.08 Å². The summed E-state index contributed by atoms with van der Waals surface area (Å²) in [5, 5.41) is 0. The Labute approximate surface area is 130 Å². The average Bonchev–Trinajstić information content (AvgIpc) is 2.64. The molecule has 21 heavy (non-hydrogen) atoms. The lowest BCUT2D eigenvalue weighted by atomic mass is 10.2. The topological polar surface area (TPSA) is 77.5 Å². The van der Waals surface area contributed by atoms with Gasteiger partial charge in [0.2, 0.25) is 0 Å². The molecule has 0 spiro atoms. The summed E-state index contributed by atoms with van der Waals surface area (Å²) < 4.78 is 45.5. The number of nitrogens with zero attached hydrogens (tertiary/aromatic N) is 1. The van der Waals surface area contributed by atoms with Crippen molar-refractivity contribution in [2.45, 2.75) is 0 Å². The third-order valence-electron chi connectivity index (χ3n) is 2.63. The molecule has 1 amide bonds. The zero-order chi connectivity index (χ0) is 15.6. The van der Waals surface area contributed by atoms with E-state index in [9.17, 15) is 22.2 Å². The van der Waals surface area contributed by atoms with E-state index in [-0.39, 0.29) is 21.3 Å². The maximum Gasteiger partial charge on any atom is 0.266 e. The van der Waals surface area contributed by atoms with Gasteiger partial charge in [-0.2, -0.15) is 0 Å². The quantitative estimate of drug-likeness (QED) is 0.468. The predicted molar refractivity (Wildman–Crippen MR) is 80.8 cm³/mol. The Kier molecular flexibility index (Phi) is 4.77. The van der Waals surface area contributed by atoms with Gasteiger partial charge in [0.05, 0.1) is 20.8 Å². The van der Waals surface area contributed by atoms with Crippen LogP contribution < -0.4 is 0 Å². The molecule has 1 fully saturated rings. The van der Waals surface area contributed by atoms with Crippen LogP contribution in [0.1, 0.15) is 5.56 Å². The largest absolute Gasteiger partial charge is 0.748 e. The smallest absolute Gasteiger partial charge is 0.266 e. The van der Waals surface area contributed by atoms with E-state index in [0.29, 0.717) is 0 Å². The maximum atomic E-state index is 13.5. The number of hydrogen-bond acceptors (Lipinski definition) is 6. The number of benzene rings is 1. The summed E-state index contributed by atoms with van der Waals surface area (Å²) >= 11 is 5.91. The SMILES string of the molecule is O=C1/C(=C\c2ccccc2F)SC(=S)N1CCS(=O)(=O)[O-]. The highest BCUT2D eigenvalue weighted by Crippen LogP contribution is 2.32. The highest BCUT2D eigenvalue weighted by atomic mass is 32.2. The minimum atomic E-state index is -4.43. The Morgan fingerprint density at radius 3 is 2.67 bits per heavy atom. The lowest BCUT2D eigenvalue weighted by Crippen LogP contribution is -2.32. The second-order valence-electron chi connectivity index (χ2n) is 4.12. The summed E-state index contributed by atoms with van der Waals surface area (Å²) in [4.78, 5) is 13.3. The lowest BCUT2D eigenvalue weighted by Gasteiger charge is -2.15. The average molecular weight is 346 g/mol. The van der Waals surface area contributed by atoms with Crippen LogP contribution in [0.2, 0.25) is 0 Å². The molecule has 0 N–H and O–H groups in total. The van der Waals surface area contributed by atoms with Crippen molar-refractivity contribution in [3.63, 3.8) is 0 Å². The summed E-state index contributed by atoms with van der Waals surface area (Å²) in [6, 6.07) is 5.91. The molecule has 1 saturated heterocycles. The molecule has 1 aromatic carbocycles. The molecule has 0 unspecified atom stereocenters. The molecule has 0 aromatic heterocycles. The third kappa shape index (κ3) is 4.10. The molecule has 2 rings (SSSR count). The first-order valence-electron chi connectivity index (χ1n) is 5.71. The van der Waals surface area contributed by atoms with Crippen LogP contribution in [0.4, 0.5) is 4.39 Å². The number of rotatable bonds is 4. The van der Waals surface area contributed by atoms with Gasteiger partial charge < -0.3 is 4.55 Å². The zero-order valence-electron chi connectivity index (χ0n) is 10.5. The molecule has 0 radical (unpaired) electrons. The first-order valence-corrected chi connectivity index (χ1v) is 8.51. The number of carbonyl (C=O) groups excluding carboxylic acids is 1. The van der Waals surface area contributed by atoms with Crippen LogP contribution in [-0.4, -0.2) is 40.4 Å². The minimum absolute atomic E-state index is 0.145. The van der Waals surface area contributed by atoms with Gasteiger partial charge in [-0.15, -0.1) is 0 Å². The van der Waals surface area contributed by atoms with E-state index in [1.165, 1.54) is 24.3 Å². The molecule has 9 heteroatoms. The van der Waals surface area contributed by atoms with Crippen LogP contribution in [0.5, 0.6) is 0 Å². The molecule has 1 aromatic rings. The standard InChI is InChI=1S/C12H10FNO4S3/c13-9-4-2-1-3-8(9)7-10-11(15)14(12(19)20-10)5-6-21(16,17)18/h1-4,7H,5-6H2,(H,16,17,18)/p-1/b10-7+. The van der Waals surface area contributed by atoms with Crippen molar-refractivity contribution in [3.05, 3.63) is 40.6 Å². The van der Waals surface area contributed by atoms with Gasteiger partial charge >= 0.3 is 0 Å². The van der Waals surface area contributed by atoms with E-state index < -0.39 is 27.6 Å². The van der Waals surface area contributed by atoms with E-state index in [0.717, 1.165) is 16.7 Å². The Morgan fingerprint density at radius 1 is 1.38 bits per heavy atom. The van der Waals surface area contributed by atoms with Crippen molar-refractivity contribution in [2.75, 3.05) is 12.3 Å². The Morgan fingerprint density at radius 2 is 2.05 bits per heavy atom. The van der Waals surface area contributed by atoms with Crippen molar-refractivity contribution < 1.29 is 22.2 Å². The minimum Gasteiger partial charge on any atom is -0.748 e. The second-order valence-corrected chi connectivity index (χ2v) is 7.32. The number of amides is 1. The fraction of sp³-hybridized carbons (Fsp3) is 0.167. The van der Waals surface area contributed by atoms with E-state index in [2.05, 4.69) is 0 Å². The lowest BCUT2D eigenvalue weighted by molar-refractivity contribution is -0.121. The first-order chi connectivity index (χ1) is 9.78. The van der Waals surface area contributed by atoms with Crippen LogP contribution in [0.15, 0.2) is 29.2 Å². The van der Waals surface area contributed by atoms with Gasteiger partial charge in [0.15, 0.2) is 0 Å². The van der Waals surface area contributed by atoms with Gasteiger partial charge in [0, 0.05) is 12.1 Å². The fourth-order valence-electron chi connectivity index (χ4n) is 1.63. The van der Waals surface area contributed by atoms with Crippen LogP contribution in [-0.2, 0) is 14.9 Å². The molecule has 0 saturated carbocycles. The van der Waals surface area contributed by atoms with Crippen molar-refractivity contribution in [1.82, 2.24) is 4.90 Å². The van der Waals surface area contributed by atoms with E-state index in [1.54, 1.807) is 6.07 Å². The monoisotopic (exact) mass is 346 g/mol. The molecule has 112 valence electrons. The predicted octanol–water partition coefficient (Wildman–Crippen LogP) is 1.57. The maximum absolute atomic E-state index is 13.5. The molecular weight excluding hydrogens is 337 g/mol. The first kappa shape index (κ1) is 16.1. The molecule has 1 aliphatic rings. The normalized spacial score (nSPS) is 17.8. The Balaban J connectivity index is 2.20. The summed E-state index contributed by atoms with van der Waals surface area (Å²) in [6.45, 7) is -0.300. The van der Waals surface area contributed by atoms with Crippen molar-refractivity contribution in [2.24, 2.45) is 0 Å². The number of halogens is 1. The van der Waals surface area contributed by atoms with Gasteiger partial charge in [-0.25, -0.2) is 12.8 Å². The Bertz CT molecular complexity index is 730. The number of thiocarbonyl (C=S) groups is 1. The van der Waals surface area contributed by atoms with E-state index >= 15 is 0 Å². The van der Waals surface area contributed by atoms with Crippen LogP contribution >= 0.6 is 24.0 Å². The zero-order valence-corrected chi connectivity index (χ0v) is 12.9. The summed E-state index contributed by atoms with van der Waals surface area (Å²) in [5.74, 6) is -1.73.